The van der Waals surface area contributed by atoms with Crippen LogP contribution in [0.5, 0.6) is 0 Å². The van der Waals surface area contributed by atoms with Crippen LogP contribution in [-0.4, -0.2) is 114 Å². The van der Waals surface area contributed by atoms with E-state index in [4.69, 9.17) is 0 Å². The van der Waals surface area contributed by atoms with Crippen LogP contribution < -0.4 is 5.32 Å². The van der Waals surface area contributed by atoms with E-state index in [-0.39, 0.29) is 35.7 Å². The number of aliphatic hydroxyl groups is 2. The first-order chi connectivity index (χ1) is 22.6. The highest BCUT2D eigenvalue weighted by atomic mass is 33.7. The van der Waals surface area contributed by atoms with Crippen molar-refractivity contribution in [3.8, 4) is 0 Å². The molecule has 4 saturated heterocycles. The third-order valence-corrected chi connectivity index (χ3v) is 17.6. The lowest BCUT2D eigenvalue weighted by molar-refractivity contribution is -0.164. The lowest BCUT2D eigenvalue weighted by Gasteiger charge is -2.54. The van der Waals surface area contributed by atoms with E-state index in [1.54, 1.807) is 14.1 Å². The first-order valence-corrected chi connectivity index (χ1v) is 19.7. The second-order valence-electron chi connectivity index (χ2n) is 12.2. The Labute approximate surface area is 285 Å². The molecule has 0 saturated carbocycles. The van der Waals surface area contributed by atoms with Gasteiger partial charge in [-0.2, -0.15) is 0 Å². The third kappa shape index (κ3) is 3.79. The lowest BCUT2D eigenvalue weighted by atomic mass is 9.89. The van der Waals surface area contributed by atoms with Crippen molar-refractivity contribution in [2.24, 2.45) is 0 Å². The minimum atomic E-state index is -1.42. The van der Waals surface area contributed by atoms with Crippen molar-refractivity contribution in [3.05, 3.63) is 77.6 Å². The van der Waals surface area contributed by atoms with E-state index in [1.165, 1.54) is 67.9 Å². The van der Waals surface area contributed by atoms with Crippen LogP contribution >= 0.6 is 41.2 Å². The molecule has 9 rings (SSSR count). The maximum absolute atomic E-state index is 14.3. The van der Waals surface area contributed by atoms with Gasteiger partial charge >= 0.3 is 0 Å². The van der Waals surface area contributed by atoms with Gasteiger partial charge in [0.05, 0.1) is 13.2 Å². The van der Waals surface area contributed by atoms with E-state index in [1.807, 2.05) is 60.8 Å². The predicted molar refractivity (Wildman–Crippen MR) is 184 cm³/mol. The van der Waals surface area contributed by atoms with E-state index in [0.717, 1.165) is 27.7 Å². The Hall–Kier alpha value is -3.28. The summed E-state index contributed by atoms with van der Waals surface area (Å²) in [5.74, 6) is -1.38. The number of likely N-dealkylation sites (N-methyl/N-ethyl adjacent to an activating group) is 3. The molecule has 0 aliphatic carbocycles. The van der Waals surface area contributed by atoms with Crippen LogP contribution in [0, 0.1) is 0 Å². The summed E-state index contributed by atoms with van der Waals surface area (Å²) in [5.41, 5.74) is 2.45. The number of carbonyl (C=O) groups is 4. The third-order valence-electron chi connectivity index (χ3n) is 10.2. The van der Waals surface area contributed by atoms with Crippen molar-refractivity contribution in [2.45, 2.75) is 33.9 Å². The lowest BCUT2D eigenvalue weighted by Crippen LogP contribution is -2.74. The van der Waals surface area contributed by atoms with Gasteiger partial charge in [0.25, 0.3) is 23.6 Å². The first kappa shape index (κ1) is 31.0. The van der Waals surface area contributed by atoms with Crippen LogP contribution in [-0.2, 0) is 31.1 Å². The molecule has 1 aromatic heterocycles. The summed E-state index contributed by atoms with van der Waals surface area (Å²) in [6.45, 7) is -1.02. The molecule has 12 nitrogen and oxygen atoms in total. The number of piperazine rings is 2. The molecule has 2 aromatic carbocycles. The maximum atomic E-state index is 14.3. The fraction of sp³-hybridized carbons (Fsp3) is 0.355. The summed E-state index contributed by atoms with van der Waals surface area (Å²) in [6, 6.07) is 14.5. The average molecular weight is 711 g/mol. The number of para-hydroxylation sites is 2. The number of carbonyl (C=O) groups excluding carboxylic acids is 4. The van der Waals surface area contributed by atoms with Gasteiger partial charge < -0.3 is 34.8 Å². The predicted octanol–water partition coefficient (Wildman–Crippen LogP) is 2.24. The highest BCUT2D eigenvalue weighted by Crippen LogP contribution is 2.61. The number of fused-ring (bicyclic) bond motifs is 11. The molecule has 2 bridgehead atoms. The van der Waals surface area contributed by atoms with Crippen LogP contribution in [0.1, 0.15) is 11.1 Å². The molecule has 3 aromatic rings. The zero-order chi connectivity index (χ0) is 33.0. The highest BCUT2D eigenvalue weighted by Gasteiger charge is 2.64. The largest absolute Gasteiger partial charge is 0.394 e. The molecule has 7 heterocycles. The Kier molecular flexibility index (Phi) is 7.00. The molecule has 4 amide bonds. The van der Waals surface area contributed by atoms with Gasteiger partial charge in [-0.25, -0.2) is 0 Å². The highest BCUT2D eigenvalue weighted by molar-refractivity contribution is 9.26. The fourth-order valence-corrected chi connectivity index (χ4v) is 15.3. The van der Waals surface area contributed by atoms with Crippen molar-refractivity contribution >= 4 is 81.5 Å². The number of rotatable bonds is 5. The van der Waals surface area contributed by atoms with Gasteiger partial charge in [0.1, 0.15) is 23.4 Å². The van der Waals surface area contributed by atoms with Crippen molar-refractivity contribution in [3.63, 3.8) is 0 Å². The van der Waals surface area contributed by atoms with Crippen molar-refractivity contribution in [1.82, 2.24) is 24.2 Å². The Morgan fingerprint density at radius 3 is 2.28 bits per heavy atom. The Balaban J connectivity index is 1.33. The molecule has 0 radical (unpaired) electrons. The van der Waals surface area contributed by atoms with Gasteiger partial charge in [-0.3, -0.25) is 24.1 Å². The minimum Gasteiger partial charge on any atom is -0.394 e. The monoisotopic (exact) mass is 710 g/mol. The number of benzene rings is 2. The molecular formula is C31H30N6O6S4. The smallest absolute Gasteiger partial charge is 0.270 e. The molecule has 4 fully saturated rings. The summed E-state index contributed by atoms with van der Waals surface area (Å²) in [7, 11) is 9.98. The molecule has 0 spiro atoms. The van der Waals surface area contributed by atoms with E-state index >= 15 is 0 Å². The normalized spacial score (nSPS) is 31.6. The van der Waals surface area contributed by atoms with Crippen LogP contribution in [0.25, 0.3) is 10.9 Å². The number of aromatic nitrogens is 1. The van der Waals surface area contributed by atoms with Crippen molar-refractivity contribution < 1.29 is 29.4 Å². The number of nitrogens with one attached hydrogen (secondary N) is 1. The molecular weight excluding hydrogens is 681 g/mol. The molecule has 47 heavy (non-hydrogen) atoms. The molecule has 244 valence electrons. The van der Waals surface area contributed by atoms with Crippen LogP contribution in [0.4, 0.5) is 5.69 Å². The van der Waals surface area contributed by atoms with Gasteiger partial charge in [0.2, 0.25) is 4.87 Å². The van der Waals surface area contributed by atoms with E-state index in [2.05, 4.69) is 9.88 Å². The second kappa shape index (κ2) is 10.6. The summed E-state index contributed by atoms with van der Waals surface area (Å²) < 4.78 is 2.07. The number of amides is 4. The Bertz CT molecular complexity index is 1940. The van der Waals surface area contributed by atoms with Crippen LogP contribution in [0.15, 0.2) is 66.5 Å². The number of hydrogen-bond acceptors (Lipinski definition) is 11. The zero-order valence-corrected chi connectivity index (χ0v) is 28.7. The van der Waals surface area contributed by atoms with Gasteiger partial charge in [-0.05, 0) is 65.0 Å². The van der Waals surface area contributed by atoms with Gasteiger partial charge in [-0.1, -0.05) is 36.4 Å². The van der Waals surface area contributed by atoms with E-state index < -0.39 is 40.7 Å². The topological polar surface area (TPSA) is 139 Å². The fourth-order valence-electron chi connectivity index (χ4n) is 7.63. The summed E-state index contributed by atoms with van der Waals surface area (Å²) in [5, 5.41) is 24.8. The van der Waals surface area contributed by atoms with E-state index in [9.17, 15) is 29.4 Å². The van der Waals surface area contributed by atoms with Gasteiger partial charge in [0, 0.05) is 55.9 Å². The molecule has 5 unspecified atom stereocenters. The number of anilines is 1. The average Bonchev–Trinajstić information content (AvgIpc) is 3.72. The quantitative estimate of drug-likeness (QED) is 0.336. The summed E-state index contributed by atoms with van der Waals surface area (Å²) in [4.78, 5) is 58.7. The molecule has 5 atom stereocenters. The maximum Gasteiger partial charge on any atom is 0.270 e. The number of nitrogens with zero attached hydrogens (tertiary/aromatic N) is 5. The van der Waals surface area contributed by atoms with Crippen LogP contribution in [0.2, 0.25) is 0 Å². The zero-order valence-electron chi connectivity index (χ0n) is 25.4. The molecule has 6 aliphatic rings. The van der Waals surface area contributed by atoms with E-state index in [0.29, 0.717) is 0 Å². The molecule has 6 aliphatic heterocycles. The van der Waals surface area contributed by atoms with Crippen LogP contribution in [0.3, 0.4) is 0 Å². The number of aliphatic hydroxyl groups excluding tert-OH is 2. The minimum absolute atomic E-state index is 0.166. The standard InChI is InChI=1S/C31H30N6O6S4/c1-33-23(15-38)25(41)37-22(24(33)40)13-29(19-9-5-6-10-20(19)32-26(29)37)36-14-17(18-8-4-7-11-21(18)36)12-30-27(42)35(3)31(16-39,28(43)34(30)2)45-47-46-44-30/h4-11,13-14,23,26,32,38-39H,12,15-16H2,1-3H3. The molecule has 3 N–H and O–H groups in total. The van der Waals surface area contributed by atoms with Gasteiger partial charge in [-0.15, -0.1) is 0 Å². The van der Waals surface area contributed by atoms with Gasteiger partial charge in [0.15, 0.2) is 4.87 Å². The Morgan fingerprint density at radius 1 is 0.872 bits per heavy atom. The summed E-state index contributed by atoms with van der Waals surface area (Å²) in [6.07, 6.45) is 3.26. The van der Waals surface area contributed by atoms with Crippen molar-refractivity contribution in [2.75, 3.05) is 39.7 Å². The second-order valence-corrected chi connectivity index (χ2v) is 18.5. The summed E-state index contributed by atoms with van der Waals surface area (Å²) >= 11 is 0. The van der Waals surface area contributed by atoms with Crippen molar-refractivity contribution in [1.29, 1.82) is 0 Å². The number of hydrogen-bond donors (Lipinski definition) is 3. The SMILES string of the molecule is CN1C(=O)C2=CC3(n4cc(CC56SSSSC(CO)(C(=O)N5C)N(C)C6=O)c5ccccc54)c4ccccc4NC3N2C(=O)C1CO. The first-order valence-electron chi connectivity index (χ1n) is 14.8. The molecule has 16 heteroatoms. The Morgan fingerprint density at radius 2 is 1.53 bits per heavy atom.